The van der Waals surface area contributed by atoms with Crippen LogP contribution in [-0.4, -0.2) is 37.6 Å². The fraction of sp³-hybridized carbons (Fsp3) is 0.632. The third kappa shape index (κ3) is 4.18. The summed E-state index contributed by atoms with van der Waals surface area (Å²) in [7, 11) is -3.33. The van der Waals surface area contributed by atoms with Crippen molar-refractivity contribution in [3.8, 4) is 0 Å². The highest BCUT2D eigenvalue weighted by Gasteiger charge is 2.33. The van der Waals surface area contributed by atoms with Crippen molar-refractivity contribution in [1.82, 2.24) is 4.90 Å². The van der Waals surface area contributed by atoms with Gasteiger partial charge in [0.25, 0.3) is 0 Å². The molecule has 2 aliphatic rings. The van der Waals surface area contributed by atoms with E-state index in [0.29, 0.717) is 23.8 Å². The predicted octanol–water partition coefficient (Wildman–Crippen LogP) is 3.42. The number of rotatable bonds is 6. The van der Waals surface area contributed by atoms with E-state index in [0.717, 1.165) is 19.3 Å². The Morgan fingerprint density at radius 1 is 1.04 bits per heavy atom. The predicted molar refractivity (Wildman–Crippen MR) is 94.4 cm³/mol. The maximum atomic E-state index is 12.6. The summed E-state index contributed by atoms with van der Waals surface area (Å²) >= 11 is 0. The highest BCUT2D eigenvalue weighted by atomic mass is 32.2. The average Bonchev–Trinajstić information content (AvgIpc) is 3.25. The summed E-state index contributed by atoms with van der Waals surface area (Å²) in [6.07, 6.45) is 8.32. The lowest BCUT2D eigenvalue weighted by atomic mass is 10.0. The van der Waals surface area contributed by atoms with Gasteiger partial charge < -0.3 is 4.90 Å². The van der Waals surface area contributed by atoms with Crippen molar-refractivity contribution in [2.75, 3.05) is 12.3 Å². The molecule has 1 aromatic rings. The van der Waals surface area contributed by atoms with Crippen molar-refractivity contribution in [3.63, 3.8) is 0 Å². The summed E-state index contributed by atoms with van der Waals surface area (Å²) in [5.41, 5.74) is 0. The Kier molecular flexibility index (Phi) is 5.59. The molecule has 1 unspecified atom stereocenters. The lowest BCUT2D eigenvalue weighted by molar-refractivity contribution is -0.131. The minimum atomic E-state index is -3.33. The molecular weight excluding hydrogens is 322 g/mol. The Morgan fingerprint density at radius 2 is 1.75 bits per heavy atom. The summed E-state index contributed by atoms with van der Waals surface area (Å²) in [6.45, 7) is 0.707. The number of nitrogens with zero attached hydrogens (tertiary/aromatic N) is 1. The second-order valence-electron chi connectivity index (χ2n) is 7.17. The topological polar surface area (TPSA) is 54.5 Å². The zero-order valence-electron chi connectivity index (χ0n) is 14.2. The summed E-state index contributed by atoms with van der Waals surface area (Å²) in [5.74, 6) is 0.891. The van der Waals surface area contributed by atoms with E-state index in [1.54, 1.807) is 24.3 Å². The highest BCUT2D eigenvalue weighted by Crippen LogP contribution is 2.30. The number of carbonyl (C=O) groups is 1. The second kappa shape index (κ2) is 7.68. The van der Waals surface area contributed by atoms with Crippen LogP contribution in [0.15, 0.2) is 35.2 Å². The maximum Gasteiger partial charge on any atom is 0.222 e. The molecule has 1 aliphatic carbocycles. The van der Waals surface area contributed by atoms with Crippen LogP contribution in [0, 0.1) is 5.92 Å². The largest absolute Gasteiger partial charge is 0.339 e. The molecule has 4 nitrogen and oxygen atoms in total. The Labute approximate surface area is 145 Å². The minimum Gasteiger partial charge on any atom is -0.339 e. The molecule has 1 amide bonds. The van der Waals surface area contributed by atoms with Gasteiger partial charge in [-0.15, -0.1) is 0 Å². The van der Waals surface area contributed by atoms with E-state index in [2.05, 4.69) is 0 Å². The van der Waals surface area contributed by atoms with E-state index in [-0.39, 0.29) is 17.7 Å². The Morgan fingerprint density at radius 3 is 2.46 bits per heavy atom. The second-order valence-corrected chi connectivity index (χ2v) is 9.20. The number of benzene rings is 1. The molecule has 24 heavy (non-hydrogen) atoms. The molecule has 1 aliphatic heterocycles. The van der Waals surface area contributed by atoms with E-state index < -0.39 is 9.84 Å². The number of hydrogen-bond acceptors (Lipinski definition) is 3. The third-order valence-corrected chi connectivity index (χ3v) is 7.27. The standard InChI is InChI=1S/C19H27NO3S/c21-19(13-12-16-7-4-5-8-16)20-14-6-9-17(20)15-24(22,23)18-10-2-1-3-11-18/h1-3,10-11,16-17H,4-9,12-15H2. The Hall–Kier alpha value is -1.36. The molecule has 1 aromatic carbocycles. The van der Waals surface area contributed by atoms with Crippen molar-refractivity contribution in [2.24, 2.45) is 5.92 Å². The van der Waals surface area contributed by atoms with Crippen LogP contribution >= 0.6 is 0 Å². The van der Waals surface area contributed by atoms with E-state index in [1.807, 2.05) is 11.0 Å². The van der Waals surface area contributed by atoms with Gasteiger partial charge in [0.1, 0.15) is 0 Å². The molecule has 0 N–H and O–H groups in total. The monoisotopic (exact) mass is 349 g/mol. The van der Waals surface area contributed by atoms with Gasteiger partial charge in [-0.3, -0.25) is 4.79 Å². The van der Waals surface area contributed by atoms with Crippen molar-refractivity contribution in [2.45, 2.75) is 62.3 Å². The molecule has 1 saturated heterocycles. The van der Waals surface area contributed by atoms with Gasteiger partial charge in [-0.25, -0.2) is 8.42 Å². The van der Waals surface area contributed by atoms with Gasteiger partial charge in [0, 0.05) is 19.0 Å². The number of sulfone groups is 1. The van der Waals surface area contributed by atoms with Gasteiger partial charge in [0.15, 0.2) is 9.84 Å². The van der Waals surface area contributed by atoms with E-state index in [4.69, 9.17) is 0 Å². The maximum absolute atomic E-state index is 12.6. The zero-order chi connectivity index (χ0) is 17.0. The molecule has 1 saturated carbocycles. The highest BCUT2D eigenvalue weighted by molar-refractivity contribution is 7.91. The number of amides is 1. The van der Waals surface area contributed by atoms with Crippen LogP contribution in [0.1, 0.15) is 51.4 Å². The van der Waals surface area contributed by atoms with Crippen LogP contribution in [-0.2, 0) is 14.6 Å². The van der Waals surface area contributed by atoms with Gasteiger partial charge in [-0.2, -0.15) is 0 Å². The van der Waals surface area contributed by atoms with Crippen molar-refractivity contribution in [1.29, 1.82) is 0 Å². The molecule has 1 heterocycles. The molecule has 3 rings (SSSR count). The smallest absolute Gasteiger partial charge is 0.222 e. The zero-order valence-corrected chi connectivity index (χ0v) is 15.0. The normalized spacial score (nSPS) is 22.2. The first-order valence-electron chi connectivity index (χ1n) is 9.13. The van der Waals surface area contributed by atoms with Crippen LogP contribution in [0.2, 0.25) is 0 Å². The Bertz CT molecular complexity index is 650. The molecule has 0 bridgehead atoms. The van der Waals surface area contributed by atoms with Crippen LogP contribution < -0.4 is 0 Å². The van der Waals surface area contributed by atoms with Gasteiger partial charge in [0.2, 0.25) is 5.91 Å². The fourth-order valence-corrected chi connectivity index (χ4v) is 5.70. The molecule has 0 aromatic heterocycles. The molecular formula is C19H27NO3S. The van der Waals surface area contributed by atoms with Crippen LogP contribution in [0.3, 0.4) is 0 Å². The van der Waals surface area contributed by atoms with Gasteiger partial charge in [-0.1, -0.05) is 43.9 Å². The van der Waals surface area contributed by atoms with E-state index in [1.165, 1.54) is 25.7 Å². The van der Waals surface area contributed by atoms with Crippen molar-refractivity contribution < 1.29 is 13.2 Å². The SMILES string of the molecule is O=C(CCC1CCCC1)N1CCCC1CS(=O)(=O)c1ccccc1. The summed E-state index contributed by atoms with van der Waals surface area (Å²) in [5, 5.41) is 0. The fourth-order valence-electron chi connectivity index (χ4n) is 4.08. The quantitative estimate of drug-likeness (QED) is 0.791. The molecule has 0 spiro atoms. The molecule has 1 atom stereocenters. The minimum absolute atomic E-state index is 0.0478. The molecule has 5 heteroatoms. The first kappa shape index (κ1) is 17.5. The van der Waals surface area contributed by atoms with E-state index >= 15 is 0 Å². The van der Waals surface area contributed by atoms with Crippen molar-refractivity contribution >= 4 is 15.7 Å². The molecule has 0 radical (unpaired) electrons. The van der Waals surface area contributed by atoms with Crippen LogP contribution in [0.25, 0.3) is 0 Å². The van der Waals surface area contributed by atoms with Gasteiger partial charge >= 0.3 is 0 Å². The third-order valence-electron chi connectivity index (χ3n) is 5.45. The summed E-state index contributed by atoms with van der Waals surface area (Å²) in [6, 6.07) is 8.41. The molecule has 2 fully saturated rings. The van der Waals surface area contributed by atoms with Gasteiger partial charge in [-0.05, 0) is 37.3 Å². The average molecular weight is 349 g/mol. The first-order chi connectivity index (χ1) is 11.6. The lowest BCUT2D eigenvalue weighted by Crippen LogP contribution is -2.39. The molecule has 132 valence electrons. The number of likely N-dealkylation sites (tertiary alicyclic amines) is 1. The van der Waals surface area contributed by atoms with Crippen LogP contribution in [0.5, 0.6) is 0 Å². The summed E-state index contributed by atoms with van der Waals surface area (Å²) in [4.78, 5) is 14.8. The van der Waals surface area contributed by atoms with Crippen molar-refractivity contribution in [3.05, 3.63) is 30.3 Å². The number of hydrogen-bond donors (Lipinski definition) is 0. The van der Waals surface area contributed by atoms with E-state index in [9.17, 15) is 13.2 Å². The first-order valence-corrected chi connectivity index (χ1v) is 10.8. The Balaban J connectivity index is 1.59. The summed E-state index contributed by atoms with van der Waals surface area (Å²) < 4.78 is 25.2. The van der Waals surface area contributed by atoms with Crippen LogP contribution in [0.4, 0.5) is 0 Å². The number of carbonyl (C=O) groups excluding carboxylic acids is 1. The van der Waals surface area contributed by atoms with Gasteiger partial charge in [0.05, 0.1) is 10.6 Å². The lowest BCUT2D eigenvalue weighted by Gasteiger charge is -2.25.